The molecule has 8 heavy (non-hydrogen) atoms. The molecule has 0 radical (unpaired) electrons. The second-order valence-corrected chi connectivity index (χ2v) is 2.29. The molecule has 46 valence electrons. The maximum absolute atomic E-state index is 4.83. The molecule has 1 rings (SSSR count). The smallest absolute Gasteiger partial charge is 0.117 e. The molecule has 1 aliphatic heterocycles. The summed E-state index contributed by atoms with van der Waals surface area (Å²) in [7, 11) is 0. The van der Waals surface area contributed by atoms with E-state index in [0.29, 0.717) is 0 Å². The molecule has 0 amide bonds. The molecule has 0 fully saturated rings. The van der Waals surface area contributed by atoms with Crippen molar-refractivity contribution in [1.29, 1.82) is 0 Å². The highest BCUT2D eigenvalue weighted by atomic mass is 79.9. The van der Waals surface area contributed by atoms with Crippen LogP contribution in [-0.2, 0) is 4.84 Å². The summed E-state index contributed by atoms with van der Waals surface area (Å²) >= 11 is 3.30. The molecular weight excluding hydrogens is 170 g/mol. The Morgan fingerprint density at radius 1 is 1.75 bits per heavy atom. The molecule has 0 bridgehead atoms. The van der Waals surface area contributed by atoms with Crippen molar-refractivity contribution in [1.82, 2.24) is 0 Å². The van der Waals surface area contributed by atoms with E-state index in [4.69, 9.17) is 4.84 Å². The third kappa shape index (κ3) is 1.47. The molecule has 0 aromatic carbocycles. The van der Waals surface area contributed by atoms with Crippen molar-refractivity contribution in [3.8, 4) is 0 Å². The Balaban J connectivity index is 2.37. The zero-order valence-electron chi connectivity index (χ0n) is 4.56. The Morgan fingerprint density at radius 2 is 2.62 bits per heavy atom. The van der Waals surface area contributed by atoms with Crippen molar-refractivity contribution in [2.45, 2.75) is 12.8 Å². The maximum atomic E-state index is 4.83. The molecule has 0 saturated carbocycles. The van der Waals surface area contributed by atoms with Crippen molar-refractivity contribution < 1.29 is 4.84 Å². The van der Waals surface area contributed by atoms with Crippen molar-refractivity contribution in [2.75, 3.05) is 11.9 Å². The van der Waals surface area contributed by atoms with Crippen LogP contribution in [-0.4, -0.2) is 17.6 Å². The van der Waals surface area contributed by atoms with Gasteiger partial charge in [-0.3, -0.25) is 0 Å². The fourth-order valence-corrected chi connectivity index (χ4v) is 0.997. The van der Waals surface area contributed by atoms with E-state index in [2.05, 4.69) is 21.1 Å². The van der Waals surface area contributed by atoms with Crippen LogP contribution in [0.25, 0.3) is 0 Å². The van der Waals surface area contributed by atoms with E-state index in [9.17, 15) is 0 Å². The summed E-state index contributed by atoms with van der Waals surface area (Å²) in [6.45, 7) is 0.788. The average Bonchev–Trinajstić information content (AvgIpc) is 1.90. The number of rotatable bonds is 1. The van der Waals surface area contributed by atoms with Crippen LogP contribution >= 0.6 is 15.9 Å². The number of oxime groups is 1. The van der Waals surface area contributed by atoms with Gasteiger partial charge in [0.2, 0.25) is 0 Å². The number of alkyl halides is 1. The van der Waals surface area contributed by atoms with E-state index in [1.165, 1.54) is 0 Å². The van der Waals surface area contributed by atoms with Crippen LogP contribution in [0.3, 0.4) is 0 Å². The lowest BCUT2D eigenvalue weighted by atomic mass is 10.2. The zero-order chi connectivity index (χ0) is 5.82. The molecule has 1 aliphatic rings. The van der Waals surface area contributed by atoms with Gasteiger partial charge in [-0.1, -0.05) is 21.1 Å². The second-order valence-electron chi connectivity index (χ2n) is 1.73. The first-order chi connectivity index (χ1) is 3.93. The maximum Gasteiger partial charge on any atom is 0.117 e. The summed E-state index contributed by atoms with van der Waals surface area (Å²) in [5, 5.41) is 4.67. The van der Waals surface area contributed by atoms with Crippen LogP contribution in [0.4, 0.5) is 0 Å². The Bertz CT molecular complexity index is 103. The normalized spacial score (nSPS) is 19.4. The quantitative estimate of drug-likeness (QED) is 0.558. The van der Waals surface area contributed by atoms with Crippen molar-refractivity contribution in [2.24, 2.45) is 5.16 Å². The van der Waals surface area contributed by atoms with Crippen molar-refractivity contribution in [3.63, 3.8) is 0 Å². The first-order valence-corrected chi connectivity index (χ1v) is 3.79. The van der Waals surface area contributed by atoms with E-state index >= 15 is 0 Å². The van der Waals surface area contributed by atoms with Crippen LogP contribution < -0.4 is 0 Å². The highest BCUT2D eigenvalue weighted by Crippen LogP contribution is 2.03. The first kappa shape index (κ1) is 6.08. The van der Waals surface area contributed by atoms with Crippen LogP contribution in [0.1, 0.15) is 12.8 Å². The van der Waals surface area contributed by atoms with Gasteiger partial charge in [0.05, 0.1) is 5.71 Å². The van der Waals surface area contributed by atoms with E-state index in [1.54, 1.807) is 0 Å². The Labute approximate surface area is 57.0 Å². The van der Waals surface area contributed by atoms with Gasteiger partial charge in [0.15, 0.2) is 0 Å². The Hall–Kier alpha value is -0.0500. The second kappa shape index (κ2) is 3.07. The van der Waals surface area contributed by atoms with Crippen LogP contribution in [0, 0.1) is 0 Å². The predicted octanol–water partition coefficient (Wildman–Crippen LogP) is 1.55. The van der Waals surface area contributed by atoms with Gasteiger partial charge >= 0.3 is 0 Å². The number of hydrogen-bond acceptors (Lipinski definition) is 2. The average molecular weight is 178 g/mol. The fraction of sp³-hybridized carbons (Fsp3) is 0.800. The van der Waals surface area contributed by atoms with Gasteiger partial charge in [0.1, 0.15) is 6.61 Å². The standard InChI is InChI=1S/C5H8BrNO/c6-4-5-2-1-3-8-7-5/h1-4H2. The summed E-state index contributed by atoms with van der Waals surface area (Å²) in [6, 6.07) is 0. The fourth-order valence-electron chi connectivity index (χ4n) is 0.615. The van der Waals surface area contributed by atoms with E-state index in [1.807, 2.05) is 0 Å². The van der Waals surface area contributed by atoms with Gasteiger partial charge in [-0.2, -0.15) is 0 Å². The Kier molecular flexibility index (Phi) is 2.33. The predicted molar refractivity (Wildman–Crippen MR) is 36.4 cm³/mol. The van der Waals surface area contributed by atoms with Gasteiger partial charge in [-0.05, 0) is 12.8 Å². The van der Waals surface area contributed by atoms with Gasteiger partial charge in [0, 0.05) is 5.33 Å². The molecule has 0 aromatic heterocycles. The lowest BCUT2D eigenvalue weighted by Crippen LogP contribution is -2.08. The van der Waals surface area contributed by atoms with Crippen molar-refractivity contribution in [3.05, 3.63) is 0 Å². The van der Waals surface area contributed by atoms with E-state index in [0.717, 1.165) is 30.5 Å². The summed E-state index contributed by atoms with van der Waals surface area (Å²) in [4.78, 5) is 4.83. The van der Waals surface area contributed by atoms with E-state index < -0.39 is 0 Å². The SMILES string of the molecule is BrCC1=NOCCC1. The molecule has 3 heteroatoms. The Morgan fingerprint density at radius 3 is 3.00 bits per heavy atom. The molecule has 0 saturated heterocycles. The van der Waals surface area contributed by atoms with Crippen LogP contribution in [0.5, 0.6) is 0 Å². The minimum Gasteiger partial charge on any atom is -0.396 e. The summed E-state index contributed by atoms with van der Waals surface area (Å²) in [6.07, 6.45) is 2.20. The highest BCUT2D eigenvalue weighted by molar-refractivity contribution is 9.09. The van der Waals surface area contributed by atoms with Gasteiger partial charge in [-0.15, -0.1) is 0 Å². The van der Waals surface area contributed by atoms with Gasteiger partial charge in [-0.25, -0.2) is 0 Å². The summed E-state index contributed by atoms with van der Waals surface area (Å²) in [5.74, 6) is 0. The third-order valence-electron chi connectivity index (χ3n) is 1.05. The van der Waals surface area contributed by atoms with Crippen LogP contribution in [0.15, 0.2) is 5.16 Å². The van der Waals surface area contributed by atoms with Crippen LogP contribution in [0.2, 0.25) is 0 Å². The van der Waals surface area contributed by atoms with Crippen molar-refractivity contribution >= 4 is 21.6 Å². The largest absolute Gasteiger partial charge is 0.396 e. The number of nitrogens with zero attached hydrogens (tertiary/aromatic N) is 1. The lowest BCUT2D eigenvalue weighted by Gasteiger charge is -2.07. The summed E-state index contributed by atoms with van der Waals surface area (Å²) < 4.78 is 0. The molecular formula is C5H8BrNO. The molecule has 0 N–H and O–H groups in total. The number of halogens is 1. The molecule has 0 unspecified atom stereocenters. The van der Waals surface area contributed by atoms with E-state index in [-0.39, 0.29) is 0 Å². The summed E-state index contributed by atoms with van der Waals surface area (Å²) in [5.41, 5.74) is 1.12. The molecule has 0 spiro atoms. The minimum absolute atomic E-state index is 0.788. The highest BCUT2D eigenvalue weighted by Gasteiger charge is 2.02. The topological polar surface area (TPSA) is 21.6 Å². The third-order valence-corrected chi connectivity index (χ3v) is 1.70. The van der Waals surface area contributed by atoms with Gasteiger partial charge < -0.3 is 4.84 Å². The molecule has 0 aromatic rings. The molecule has 1 heterocycles. The number of hydrogen-bond donors (Lipinski definition) is 0. The first-order valence-electron chi connectivity index (χ1n) is 2.67. The zero-order valence-corrected chi connectivity index (χ0v) is 6.15. The minimum atomic E-state index is 0.788. The lowest BCUT2D eigenvalue weighted by molar-refractivity contribution is 0.131. The molecule has 0 aliphatic carbocycles. The molecule has 0 atom stereocenters. The monoisotopic (exact) mass is 177 g/mol. The molecule has 2 nitrogen and oxygen atoms in total. The van der Waals surface area contributed by atoms with Gasteiger partial charge in [0.25, 0.3) is 0 Å².